The van der Waals surface area contributed by atoms with Gasteiger partial charge in [0.15, 0.2) is 10.9 Å². The number of carbonyl (C=O) groups is 2. The molecule has 2 heterocycles. The molecule has 0 saturated carbocycles. The third kappa shape index (κ3) is 2.31. The molecule has 92 valence electrons. The van der Waals surface area contributed by atoms with Gasteiger partial charge >= 0.3 is 5.97 Å². The molecule has 1 fully saturated rings. The molecule has 6 heteroatoms. The van der Waals surface area contributed by atoms with E-state index >= 15 is 0 Å². The molecule has 1 aliphatic rings. The molecule has 0 spiro atoms. The number of thioether (sulfide) groups is 1. The van der Waals surface area contributed by atoms with Crippen LogP contribution in [0.2, 0.25) is 0 Å². The summed E-state index contributed by atoms with van der Waals surface area (Å²) in [5.41, 5.74) is 0. The molecular weight excluding hydrogens is 242 g/mol. The number of furan rings is 1. The van der Waals surface area contributed by atoms with Crippen LogP contribution in [-0.4, -0.2) is 40.7 Å². The first-order valence-electron chi connectivity index (χ1n) is 5.31. The molecular formula is C11H13NO4S. The van der Waals surface area contributed by atoms with Gasteiger partial charge in [0.2, 0.25) is 0 Å². The van der Waals surface area contributed by atoms with Crippen molar-refractivity contribution < 1.29 is 19.1 Å². The highest BCUT2D eigenvalue weighted by Gasteiger charge is 2.35. The summed E-state index contributed by atoms with van der Waals surface area (Å²) < 4.78 is 5.31. The molecule has 1 N–H and O–H groups in total. The number of hydrogen-bond acceptors (Lipinski definition) is 4. The summed E-state index contributed by atoms with van der Waals surface area (Å²) in [6, 6.07) is 2.58. The van der Waals surface area contributed by atoms with Gasteiger partial charge in [-0.25, -0.2) is 4.79 Å². The third-order valence-electron chi connectivity index (χ3n) is 2.79. The van der Waals surface area contributed by atoms with Crippen LogP contribution < -0.4 is 0 Å². The number of hydrogen-bond donors (Lipinski definition) is 1. The standard InChI is InChI=1S/C11H13NO4S/c1-17-9-5-4-8(16-9)10(13)12-6-2-3-7(12)11(14)15/h4-5,7H,2-3,6H2,1H3,(H,14,15)/t7-/m0/s1. The average molecular weight is 255 g/mol. The second kappa shape index (κ2) is 4.83. The SMILES string of the molecule is CSc1ccc(C(=O)N2CCC[C@H]2C(=O)O)o1. The summed E-state index contributed by atoms with van der Waals surface area (Å²) in [5.74, 6) is -1.08. The van der Waals surface area contributed by atoms with E-state index in [1.54, 1.807) is 12.1 Å². The summed E-state index contributed by atoms with van der Waals surface area (Å²) >= 11 is 1.40. The first-order chi connectivity index (χ1) is 8.13. The van der Waals surface area contributed by atoms with Crippen LogP contribution in [0.1, 0.15) is 23.4 Å². The van der Waals surface area contributed by atoms with Crippen LogP contribution in [0.25, 0.3) is 0 Å². The van der Waals surface area contributed by atoms with Gasteiger partial charge in [-0.3, -0.25) is 4.79 Å². The van der Waals surface area contributed by atoms with E-state index in [0.717, 1.165) is 6.42 Å². The van der Waals surface area contributed by atoms with Gasteiger partial charge in [0.1, 0.15) is 6.04 Å². The van der Waals surface area contributed by atoms with E-state index in [9.17, 15) is 9.59 Å². The highest BCUT2D eigenvalue weighted by atomic mass is 32.2. The summed E-state index contributed by atoms with van der Waals surface area (Å²) in [5, 5.41) is 9.65. The van der Waals surface area contributed by atoms with Crippen molar-refractivity contribution in [1.82, 2.24) is 4.90 Å². The Bertz CT molecular complexity index is 442. The summed E-state index contributed by atoms with van der Waals surface area (Å²) in [4.78, 5) is 24.4. The van der Waals surface area contributed by atoms with Crippen LogP contribution in [0.5, 0.6) is 0 Å². The summed E-state index contributed by atoms with van der Waals surface area (Å²) in [6.45, 7) is 0.477. The van der Waals surface area contributed by atoms with E-state index in [1.807, 2.05) is 6.26 Å². The second-order valence-corrected chi connectivity index (χ2v) is 4.63. The fraction of sp³-hybridized carbons (Fsp3) is 0.455. The van der Waals surface area contributed by atoms with Crippen molar-refractivity contribution in [3.63, 3.8) is 0 Å². The smallest absolute Gasteiger partial charge is 0.326 e. The van der Waals surface area contributed by atoms with Crippen molar-refractivity contribution >= 4 is 23.6 Å². The van der Waals surface area contributed by atoms with E-state index in [-0.39, 0.29) is 11.7 Å². The van der Waals surface area contributed by atoms with Crippen LogP contribution in [0.3, 0.4) is 0 Å². The lowest BCUT2D eigenvalue weighted by molar-refractivity contribution is -0.141. The molecule has 1 saturated heterocycles. The molecule has 5 nitrogen and oxygen atoms in total. The monoisotopic (exact) mass is 255 g/mol. The van der Waals surface area contributed by atoms with Gasteiger partial charge in [-0.1, -0.05) is 11.8 Å². The number of carbonyl (C=O) groups excluding carboxylic acids is 1. The number of amides is 1. The maximum atomic E-state index is 12.1. The van der Waals surface area contributed by atoms with Crippen molar-refractivity contribution in [1.29, 1.82) is 0 Å². The van der Waals surface area contributed by atoms with Crippen LogP contribution in [0, 0.1) is 0 Å². The molecule has 0 aromatic carbocycles. The Morgan fingerprint density at radius 1 is 1.53 bits per heavy atom. The Morgan fingerprint density at radius 2 is 2.29 bits per heavy atom. The molecule has 0 radical (unpaired) electrons. The lowest BCUT2D eigenvalue weighted by Crippen LogP contribution is -2.40. The molecule has 1 aliphatic heterocycles. The highest BCUT2D eigenvalue weighted by Crippen LogP contribution is 2.23. The normalized spacial score (nSPS) is 19.6. The molecule has 1 aromatic heterocycles. The Kier molecular flexibility index (Phi) is 3.42. The Balaban J connectivity index is 2.16. The molecule has 1 atom stereocenters. The Labute approximate surface area is 103 Å². The van der Waals surface area contributed by atoms with Crippen molar-refractivity contribution in [3.05, 3.63) is 17.9 Å². The zero-order valence-corrected chi connectivity index (χ0v) is 10.2. The fourth-order valence-electron chi connectivity index (χ4n) is 1.95. The maximum Gasteiger partial charge on any atom is 0.326 e. The van der Waals surface area contributed by atoms with Crippen LogP contribution >= 0.6 is 11.8 Å². The average Bonchev–Trinajstić information content (AvgIpc) is 2.97. The van der Waals surface area contributed by atoms with Gasteiger partial charge in [0.25, 0.3) is 5.91 Å². The van der Waals surface area contributed by atoms with Gasteiger partial charge in [-0.05, 0) is 31.2 Å². The van der Waals surface area contributed by atoms with Crippen molar-refractivity contribution in [3.8, 4) is 0 Å². The lowest BCUT2D eigenvalue weighted by atomic mass is 10.2. The quantitative estimate of drug-likeness (QED) is 0.832. The van der Waals surface area contributed by atoms with E-state index in [1.165, 1.54) is 16.7 Å². The molecule has 1 amide bonds. The molecule has 0 bridgehead atoms. The fourth-order valence-corrected chi connectivity index (χ4v) is 2.33. The van der Waals surface area contributed by atoms with Crippen molar-refractivity contribution in [2.75, 3.05) is 12.8 Å². The van der Waals surface area contributed by atoms with Crippen molar-refractivity contribution in [2.45, 2.75) is 24.0 Å². The first kappa shape index (κ1) is 12.0. The van der Waals surface area contributed by atoms with Gasteiger partial charge in [-0.15, -0.1) is 0 Å². The third-order valence-corrected chi connectivity index (χ3v) is 3.41. The van der Waals surface area contributed by atoms with Gasteiger partial charge in [0, 0.05) is 6.54 Å². The first-order valence-corrected chi connectivity index (χ1v) is 6.53. The number of likely N-dealkylation sites (tertiary alicyclic amines) is 1. The zero-order chi connectivity index (χ0) is 12.4. The van der Waals surface area contributed by atoms with Gasteiger partial charge < -0.3 is 14.4 Å². The zero-order valence-electron chi connectivity index (χ0n) is 9.38. The highest BCUT2D eigenvalue weighted by molar-refractivity contribution is 7.98. The molecule has 0 aliphatic carbocycles. The Morgan fingerprint density at radius 3 is 2.88 bits per heavy atom. The van der Waals surface area contributed by atoms with Crippen molar-refractivity contribution in [2.24, 2.45) is 0 Å². The van der Waals surface area contributed by atoms with Crippen LogP contribution in [0.15, 0.2) is 21.6 Å². The van der Waals surface area contributed by atoms with E-state index in [0.29, 0.717) is 18.1 Å². The summed E-state index contributed by atoms with van der Waals surface area (Å²) in [7, 11) is 0. The summed E-state index contributed by atoms with van der Waals surface area (Å²) in [6.07, 6.45) is 3.08. The van der Waals surface area contributed by atoms with E-state index < -0.39 is 12.0 Å². The topological polar surface area (TPSA) is 70.8 Å². The van der Waals surface area contributed by atoms with E-state index in [2.05, 4.69) is 0 Å². The minimum atomic E-state index is -0.951. The number of aliphatic carboxylic acids is 1. The maximum absolute atomic E-state index is 12.1. The van der Waals surface area contributed by atoms with Gasteiger partial charge in [0.05, 0.1) is 0 Å². The van der Waals surface area contributed by atoms with E-state index in [4.69, 9.17) is 9.52 Å². The van der Waals surface area contributed by atoms with Crippen LogP contribution in [0.4, 0.5) is 0 Å². The molecule has 1 aromatic rings. The molecule has 2 rings (SSSR count). The number of rotatable bonds is 3. The predicted molar refractivity (Wildman–Crippen MR) is 62.2 cm³/mol. The van der Waals surface area contributed by atoms with Gasteiger partial charge in [-0.2, -0.15) is 0 Å². The minimum Gasteiger partial charge on any atom is -0.480 e. The minimum absolute atomic E-state index is 0.211. The second-order valence-electron chi connectivity index (χ2n) is 3.82. The number of carboxylic acids is 1. The number of nitrogens with zero attached hydrogens (tertiary/aromatic N) is 1. The molecule has 17 heavy (non-hydrogen) atoms. The Hall–Kier alpha value is -1.43. The largest absolute Gasteiger partial charge is 0.480 e. The van der Waals surface area contributed by atoms with Crippen LogP contribution in [-0.2, 0) is 4.79 Å². The number of carboxylic acid groups (broad SMARTS) is 1. The molecule has 0 unspecified atom stereocenters. The lowest BCUT2D eigenvalue weighted by Gasteiger charge is -2.19. The predicted octanol–water partition coefficient (Wildman–Crippen LogP) is 1.69.